The fraction of sp³-hybridized carbons (Fsp3) is 1.00. The quantitative estimate of drug-likeness (QED) is 0.409. The summed E-state index contributed by atoms with van der Waals surface area (Å²) in [7, 11) is 0. The maximum Gasteiger partial charge on any atom is 0.164 e. The van der Waals surface area contributed by atoms with Crippen LogP contribution < -0.4 is 0 Å². The first-order valence-corrected chi connectivity index (χ1v) is 4.72. The molecule has 0 aromatic heterocycles. The highest BCUT2D eigenvalue weighted by Gasteiger charge is 2.32. The van der Waals surface area contributed by atoms with Gasteiger partial charge in [-0.1, -0.05) is 0 Å². The molecule has 0 bridgehead atoms. The maximum absolute atomic E-state index is 9.50. The van der Waals surface area contributed by atoms with E-state index in [1.807, 2.05) is 0 Å². The standard InChI is InChI=1S/C9H21NO4/c1-7(12)9(2,3)10(4-5-11)6-8(13)14/h7-8,11-14H,4-6H2,1-3H3. The van der Waals surface area contributed by atoms with E-state index in [-0.39, 0.29) is 13.2 Å². The molecule has 0 heterocycles. The van der Waals surface area contributed by atoms with Crippen molar-refractivity contribution in [1.29, 1.82) is 0 Å². The molecule has 4 N–H and O–H groups in total. The Kier molecular flexibility index (Phi) is 5.54. The van der Waals surface area contributed by atoms with Gasteiger partial charge in [0.2, 0.25) is 0 Å². The van der Waals surface area contributed by atoms with Gasteiger partial charge < -0.3 is 20.4 Å². The Bertz CT molecular complexity index is 159. The molecule has 0 spiro atoms. The van der Waals surface area contributed by atoms with Crippen LogP contribution in [0.15, 0.2) is 0 Å². The first-order chi connectivity index (χ1) is 6.32. The fourth-order valence-corrected chi connectivity index (χ4v) is 1.20. The van der Waals surface area contributed by atoms with Gasteiger partial charge in [0.25, 0.3) is 0 Å². The predicted molar refractivity (Wildman–Crippen MR) is 52.6 cm³/mol. The van der Waals surface area contributed by atoms with E-state index in [1.54, 1.807) is 25.7 Å². The largest absolute Gasteiger partial charge is 0.395 e. The van der Waals surface area contributed by atoms with Crippen LogP contribution in [-0.2, 0) is 0 Å². The normalized spacial score (nSPS) is 15.2. The minimum absolute atomic E-state index is 0.0124. The number of aliphatic hydroxyl groups excluding tert-OH is 3. The van der Waals surface area contributed by atoms with Crippen LogP contribution in [0.1, 0.15) is 20.8 Å². The Morgan fingerprint density at radius 1 is 1.21 bits per heavy atom. The van der Waals surface area contributed by atoms with E-state index >= 15 is 0 Å². The minimum atomic E-state index is -1.46. The monoisotopic (exact) mass is 207 g/mol. The third kappa shape index (κ3) is 3.89. The lowest BCUT2D eigenvalue weighted by molar-refractivity contribution is -0.0973. The van der Waals surface area contributed by atoms with Gasteiger partial charge in [0.1, 0.15) is 0 Å². The smallest absolute Gasteiger partial charge is 0.164 e. The fourth-order valence-electron chi connectivity index (χ4n) is 1.20. The molecule has 0 radical (unpaired) electrons. The van der Waals surface area contributed by atoms with Gasteiger partial charge in [-0.3, -0.25) is 4.90 Å². The van der Waals surface area contributed by atoms with Crippen LogP contribution in [0.2, 0.25) is 0 Å². The van der Waals surface area contributed by atoms with E-state index in [1.165, 1.54) is 0 Å². The molecule has 14 heavy (non-hydrogen) atoms. The number of nitrogens with zero attached hydrogens (tertiary/aromatic N) is 1. The van der Waals surface area contributed by atoms with E-state index in [0.717, 1.165) is 0 Å². The van der Waals surface area contributed by atoms with Crippen LogP contribution in [-0.4, -0.2) is 63.0 Å². The molecule has 0 rings (SSSR count). The molecule has 0 amide bonds. The highest BCUT2D eigenvalue weighted by molar-refractivity contribution is 4.86. The molecule has 0 aromatic rings. The van der Waals surface area contributed by atoms with Crippen LogP contribution in [0.3, 0.4) is 0 Å². The van der Waals surface area contributed by atoms with Gasteiger partial charge in [-0.25, -0.2) is 0 Å². The second kappa shape index (κ2) is 5.63. The van der Waals surface area contributed by atoms with Gasteiger partial charge in [-0.05, 0) is 20.8 Å². The maximum atomic E-state index is 9.50. The number of hydrogen-bond acceptors (Lipinski definition) is 5. The minimum Gasteiger partial charge on any atom is -0.395 e. The summed E-state index contributed by atoms with van der Waals surface area (Å²) in [4.78, 5) is 1.64. The Morgan fingerprint density at radius 3 is 2.00 bits per heavy atom. The summed E-state index contributed by atoms with van der Waals surface area (Å²) in [6, 6.07) is 0. The zero-order valence-corrected chi connectivity index (χ0v) is 9.01. The van der Waals surface area contributed by atoms with Crippen molar-refractivity contribution < 1.29 is 20.4 Å². The lowest BCUT2D eigenvalue weighted by atomic mass is 9.96. The zero-order valence-electron chi connectivity index (χ0n) is 9.01. The molecular weight excluding hydrogens is 186 g/mol. The third-order valence-electron chi connectivity index (χ3n) is 2.59. The second-order valence-corrected chi connectivity index (χ2v) is 3.98. The van der Waals surface area contributed by atoms with Crippen molar-refractivity contribution in [2.75, 3.05) is 19.7 Å². The lowest BCUT2D eigenvalue weighted by Gasteiger charge is -2.40. The Labute approximate surface area is 84.6 Å². The summed E-state index contributed by atoms with van der Waals surface area (Å²) in [5.74, 6) is 0. The second-order valence-electron chi connectivity index (χ2n) is 3.98. The van der Waals surface area contributed by atoms with Gasteiger partial charge in [0, 0.05) is 18.6 Å². The average molecular weight is 207 g/mol. The molecule has 5 nitrogen and oxygen atoms in total. The van der Waals surface area contributed by atoms with Crippen molar-refractivity contribution in [3.63, 3.8) is 0 Å². The van der Waals surface area contributed by atoms with E-state index in [4.69, 9.17) is 15.3 Å². The third-order valence-corrected chi connectivity index (χ3v) is 2.59. The number of β-amino-alcohol motifs (C(OH)–C–C–N with tert-alkyl or cyclic N) is 3. The first kappa shape index (κ1) is 13.8. The number of hydrogen-bond donors (Lipinski definition) is 4. The summed E-state index contributed by atoms with van der Waals surface area (Å²) in [5, 5.41) is 36.0. The molecule has 0 aliphatic carbocycles. The van der Waals surface area contributed by atoms with Crippen LogP contribution >= 0.6 is 0 Å². The highest BCUT2D eigenvalue weighted by atomic mass is 16.5. The summed E-state index contributed by atoms with van der Waals surface area (Å²) in [6.07, 6.45) is -2.08. The van der Waals surface area contributed by atoms with Gasteiger partial charge in [0.05, 0.1) is 12.7 Å². The van der Waals surface area contributed by atoms with Crippen LogP contribution in [0.4, 0.5) is 0 Å². The molecule has 0 saturated carbocycles. The molecular formula is C9H21NO4. The summed E-state index contributed by atoms with van der Waals surface area (Å²) < 4.78 is 0. The van der Waals surface area contributed by atoms with Crippen molar-refractivity contribution in [3.8, 4) is 0 Å². The summed E-state index contributed by atoms with van der Waals surface area (Å²) in [5.41, 5.74) is -0.591. The molecule has 5 heteroatoms. The molecule has 0 aromatic carbocycles. The van der Waals surface area contributed by atoms with Crippen LogP contribution in [0, 0.1) is 0 Å². The molecule has 0 aliphatic heterocycles. The predicted octanol–water partition coefficient (Wildman–Crippen LogP) is -1.25. The number of aliphatic hydroxyl groups is 4. The van der Waals surface area contributed by atoms with E-state index < -0.39 is 17.9 Å². The number of rotatable bonds is 6. The Hall–Kier alpha value is -0.200. The lowest BCUT2D eigenvalue weighted by Crippen LogP contribution is -2.54. The van der Waals surface area contributed by atoms with E-state index in [0.29, 0.717) is 6.54 Å². The molecule has 86 valence electrons. The van der Waals surface area contributed by atoms with Crippen LogP contribution in [0.5, 0.6) is 0 Å². The summed E-state index contributed by atoms with van der Waals surface area (Å²) >= 11 is 0. The van der Waals surface area contributed by atoms with Gasteiger partial charge >= 0.3 is 0 Å². The summed E-state index contributed by atoms with van der Waals surface area (Å²) in [6.45, 7) is 5.44. The Morgan fingerprint density at radius 2 is 1.71 bits per heavy atom. The van der Waals surface area contributed by atoms with Crippen molar-refractivity contribution in [2.24, 2.45) is 0 Å². The molecule has 0 fully saturated rings. The van der Waals surface area contributed by atoms with Crippen molar-refractivity contribution in [3.05, 3.63) is 0 Å². The molecule has 1 unspecified atom stereocenters. The zero-order chi connectivity index (χ0) is 11.4. The topological polar surface area (TPSA) is 84.2 Å². The van der Waals surface area contributed by atoms with Crippen molar-refractivity contribution >= 4 is 0 Å². The average Bonchev–Trinajstić information content (AvgIpc) is 2.02. The molecule has 0 saturated heterocycles. The van der Waals surface area contributed by atoms with Gasteiger partial charge in [-0.15, -0.1) is 0 Å². The SMILES string of the molecule is CC(O)C(C)(C)N(CCO)CC(O)O. The van der Waals surface area contributed by atoms with E-state index in [9.17, 15) is 5.11 Å². The van der Waals surface area contributed by atoms with Gasteiger partial charge in [-0.2, -0.15) is 0 Å². The van der Waals surface area contributed by atoms with E-state index in [2.05, 4.69) is 0 Å². The first-order valence-electron chi connectivity index (χ1n) is 4.72. The molecule has 0 aliphatic rings. The van der Waals surface area contributed by atoms with Crippen LogP contribution in [0.25, 0.3) is 0 Å². The van der Waals surface area contributed by atoms with Crippen molar-refractivity contribution in [1.82, 2.24) is 4.90 Å². The van der Waals surface area contributed by atoms with Gasteiger partial charge in [0.15, 0.2) is 6.29 Å². The van der Waals surface area contributed by atoms with Crippen molar-refractivity contribution in [2.45, 2.75) is 38.7 Å². The molecule has 1 atom stereocenters. The highest BCUT2D eigenvalue weighted by Crippen LogP contribution is 2.18. The Balaban J connectivity index is 4.45.